The predicted molar refractivity (Wildman–Crippen MR) is 168 cm³/mol. The molecule has 0 aliphatic carbocycles. The molecule has 2 heterocycles. The summed E-state index contributed by atoms with van der Waals surface area (Å²) in [6, 6.07) is 27.9. The van der Waals surface area contributed by atoms with Crippen LogP contribution in [-0.4, -0.2) is 7.85 Å². The lowest BCUT2D eigenvalue weighted by molar-refractivity contribution is 0.628. The Labute approximate surface area is 229 Å². The van der Waals surface area contributed by atoms with Crippen molar-refractivity contribution < 1.29 is 4.39 Å². The molecule has 3 nitrogen and oxygen atoms in total. The summed E-state index contributed by atoms with van der Waals surface area (Å²) in [5.74, 6) is -0.255. The Balaban J connectivity index is 1.47. The number of aryl methyl sites for hydroxylation is 1. The Kier molecular flexibility index (Phi) is 6.39. The minimum absolute atomic E-state index is 0.255. The lowest BCUT2D eigenvalue weighted by Crippen LogP contribution is -2.02. The zero-order valence-electron chi connectivity index (χ0n) is 21.0. The van der Waals surface area contributed by atoms with Crippen molar-refractivity contribution in [3.8, 4) is 11.1 Å². The highest BCUT2D eigenvalue weighted by atomic mass is 32.1. The first kappa shape index (κ1) is 24.3. The van der Waals surface area contributed by atoms with Crippen LogP contribution in [0.4, 0.5) is 26.5 Å². The first-order valence-corrected chi connectivity index (χ1v) is 14.0. The normalized spacial score (nSPS) is 11.5. The van der Waals surface area contributed by atoms with Gasteiger partial charge in [0.1, 0.15) is 10.8 Å². The smallest absolute Gasteiger partial charge is 0.153 e. The third kappa shape index (κ3) is 4.44. The average molecular weight is 534 g/mol. The molecule has 7 heteroatoms. The second-order valence-corrected chi connectivity index (χ2v) is 11.5. The Morgan fingerprint density at radius 2 is 1.58 bits per heavy atom. The summed E-state index contributed by atoms with van der Waals surface area (Å²) in [5.41, 5.74) is 12.6. The molecule has 0 spiro atoms. The van der Waals surface area contributed by atoms with Gasteiger partial charge in [-0.15, -0.1) is 11.3 Å². The molecule has 0 unspecified atom stereocenters. The molecule has 0 saturated carbocycles. The van der Waals surface area contributed by atoms with E-state index in [4.69, 9.17) is 5.73 Å². The molecule has 0 aliphatic rings. The largest absolute Gasteiger partial charge is 0.405 e. The number of nitrogens with two attached hydrogens (primary N) is 1. The topological polar surface area (TPSA) is 50.1 Å². The molecule has 4 N–H and O–H groups in total. The Hall–Kier alpha value is -4.07. The van der Waals surface area contributed by atoms with E-state index in [-0.39, 0.29) is 5.82 Å². The van der Waals surface area contributed by atoms with Crippen molar-refractivity contribution in [2.75, 3.05) is 10.6 Å². The van der Waals surface area contributed by atoms with E-state index >= 15 is 0 Å². The van der Waals surface area contributed by atoms with Gasteiger partial charge in [-0.25, -0.2) is 4.39 Å². The standard InChI is InChI=1S/C31H25BFN3S2/c1-18-10-12-21(16-19(18)14-15-34)35-29-23-7-3-5-9-27(23)38-31(29)36-25-13-11-20(33)17-24(25)28-22-6-2-4-8-26(22)37-30(28)32/h2-17,35-36H,32,34H2,1H3/b15-14-. The maximum absolute atomic E-state index is 14.6. The van der Waals surface area contributed by atoms with E-state index in [9.17, 15) is 4.39 Å². The highest BCUT2D eigenvalue weighted by molar-refractivity contribution is 7.27. The third-order valence-electron chi connectivity index (χ3n) is 6.69. The van der Waals surface area contributed by atoms with E-state index in [1.54, 1.807) is 34.9 Å². The lowest BCUT2D eigenvalue weighted by Gasteiger charge is -2.15. The van der Waals surface area contributed by atoms with E-state index in [1.807, 2.05) is 36.4 Å². The van der Waals surface area contributed by atoms with Gasteiger partial charge in [0.15, 0.2) is 7.85 Å². The molecule has 0 bridgehead atoms. The molecule has 0 fully saturated rings. The molecule has 38 heavy (non-hydrogen) atoms. The van der Waals surface area contributed by atoms with Crippen LogP contribution in [0.5, 0.6) is 0 Å². The molecule has 0 radical (unpaired) electrons. The van der Waals surface area contributed by atoms with Crippen LogP contribution in [0.15, 0.2) is 91.1 Å². The number of hydrogen-bond acceptors (Lipinski definition) is 5. The summed E-state index contributed by atoms with van der Waals surface area (Å²) in [7, 11) is 2.10. The zero-order valence-corrected chi connectivity index (χ0v) is 22.6. The number of halogens is 1. The van der Waals surface area contributed by atoms with Gasteiger partial charge in [0, 0.05) is 31.7 Å². The van der Waals surface area contributed by atoms with Crippen LogP contribution in [0, 0.1) is 12.7 Å². The highest BCUT2D eigenvalue weighted by Gasteiger charge is 2.18. The molecular weight excluding hydrogens is 508 g/mol. The van der Waals surface area contributed by atoms with Crippen LogP contribution in [0.1, 0.15) is 11.1 Å². The lowest BCUT2D eigenvalue weighted by atomic mass is 9.93. The van der Waals surface area contributed by atoms with E-state index in [1.165, 1.54) is 10.8 Å². The molecule has 186 valence electrons. The molecule has 6 aromatic rings. The average Bonchev–Trinajstić information content (AvgIpc) is 3.43. The van der Waals surface area contributed by atoms with Gasteiger partial charge < -0.3 is 16.4 Å². The molecule has 0 amide bonds. The Bertz CT molecular complexity index is 1840. The SMILES string of the molecule is Bc1sc2ccccc2c1-c1cc(F)ccc1Nc1sc2ccccc2c1Nc1ccc(C)c(/C=C\N)c1. The van der Waals surface area contributed by atoms with Crippen LogP contribution < -0.4 is 21.1 Å². The number of thiophene rings is 2. The van der Waals surface area contributed by atoms with Gasteiger partial charge in [-0.3, -0.25) is 0 Å². The first-order chi connectivity index (χ1) is 18.5. The molecule has 6 rings (SSSR count). The van der Waals surface area contributed by atoms with Gasteiger partial charge in [-0.2, -0.15) is 11.3 Å². The maximum atomic E-state index is 14.6. The van der Waals surface area contributed by atoms with Crippen molar-refractivity contribution in [2.45, 2.75) is 6.92 Å². The second kappa shape index (κ2) is 10.0. The van der Waals surface area contributed by atoms with Crippen LogP contribution in [0.3, 0.4) is 0 Å². The van der Waals surface area contributed by atoms with Crippen molar-refractivity contribution in [2.24, 2.45) is 5.73 Å². The number of anilines is 4. The number of nitrogens with one attached hydrogen (secondary N) is 2. The molecular formula is C31H25BFN3S2. The molecule has 0 saturated heterocycles. The van der Waals surface area contributed by atoms with Crippen molar-refractivity contribution in [3.63, 3.8) is 0 Å². The summed E-state index contributed by atoms with van der Waals surface area (Å²) < 4.78 is 18.1. The van der Waals surface area contributed by atoms with Gasteiger partial charge in [0.25, 0.3) is 0 Å². The molecule has 2 aromatic heterocycles. The minimum Gasteiger partial charge on any atom is -0.405 e. The summed E-state index contributed by atoms with van der Waals surface area (Å²) in [6.07, 6.45) is 3.47. The highest BCUT2D eigenvalue weighted by Crippen LogP contribution is 2.45. The summed E-state index contributed by atoms with van der Waals surface area (Å²) in [5, 5.41) is 10.5. The Morgan fingerprint density at radius 1 is 0.842 bits per heavy atom. The van der Waals surface area contributed by atoms with Crippen LogP contribution in [0.25, 0.3) is 37.4 Å². The monoisotopic (exact) mass is 533 g/mol. The number of hydrogen-bond donors (Lipinski definition) is 3. The van der Waals surface area contributed by atoms with Gasteiger partial charge in [-0.1, -0.05) is 42.5 Å². The van der Waals surface area contributed by atoms with E-state index < -0.39 is 0 Å². The fraction of sp³-hybridized carbons (Fsp3) is 0.0323. The van der Waals surface area contributed by atoms with Crippen molar-refractivity contribution in [3.05, 3.63) is 108 Å². The van der Waals surface area contributed by atoms with Gasteiger partial charge in [0.2, 0.25) is 0 Å². The third-order valence-corrected chi connectivity index (χ3v) is 8.86. The predicted octanol–water partition coefficient (Wildman–Crippen LogP) is 7.91. The number of benzene rings is 4. The van der Waals surface area contributed by atoms with E-state index in [2.05, 4.69) is 67.9 Å². The number of rotatable bonds is 6. The molecule has 0 atom stereocenters. The fourth-order valence-electron chi connectivity index (χ4n) is 4.86. The molecule has 0 aliphatic heterocycles. The summed E-state index contributed by atoms with van der Waals surface area (Å²) >= 11 is 3.41. The maximum Gasteiger partial charge on any atom is 0.153 e. The summed E-state index contributed by atoms with van der Waals surface area (Å²) in [6.45, 7) is 2.07. The van der Waals surface area contributed by atoms with Crippen LogP contribution >= 0.6 is 22.7 Å². The summed E-state index contributed by atoms with van der Waals surface area (Å²) in [4.78, 5) is 0. The fourth-order valence-corrected chi connectivity index (χ4v) is 7.01. The first-order valence-electron chi connectivity index (χ1n) is 12.3. The number of fused-ring (bicyclic) bond motifs is 2. The van der Waals surface area contributed by atoms with Crippen LogP contribution in [-0.2, 0) is 0 Å². The second-order valence-electron chi connectivity index (χ2n) is 9.20. The minimum atomic E-state index is -0.255. The van der Waals surface area contributed by atoms with Crippen LogP contribution in [0.2, 0.25) is 0 Å². The van der Waals surface area contributed by atoms with E-state index in [0.29, 0.717) is 0 Å². The Morgan fingerprint density at radius 3 is 2.37 bits per heavy atom. The zero-order chi connectivity index (χ0) is 26.2. The van der Waals surface area contributed by atoms with Gasteiger partial charge in [-0.05, 0) is 88.5 Å². The van der Waals surface area contributed by atoms with Crippen molar-refractivity contribution in [1.82, 2.24) is 0 Å². The van der Waals surface area contributed by atoms with Crippen molar-refractivity contribution in [1.29, 1.82) is 0 Å². The van der Waals surface area contributed by atoms with Gasteiger partial charge >= 0.3 is 0 Å². The van der Waals surface area contributed by atoms with Crippen molar-refractivity contribution >= 4 is 83.6 Å². The quantitative estimate of drug-likeness (QED) is 0.191. The van der Waals surface area contributed by atoms with E-state index in [0.717, 1.165) is 64.6 Å². The molecule has 4 aromatic carbocycles. The van der Waals surface area contributed by atoms with Gasteiger partial charge in [0.05, 0.1) is 5.69 Å².